The van der Waals surface area contributed by atoms with Gasteiger partial charge in [0.1, 0.15) is 0 Å². The van der Waals surface area contributed by atoms with Crippen molar-refractivity contribution in [1.29, 1.82) is 10.5 Å². The molecule has 0 spiro atoms. The lowest BCUT2D eigenvalue weighted by molar-refractivity contribution is -0.132. The number of hydrogen-bond acceptors (Lipinski definition) is 5. The Labute approximate surface area is 147 Å². The largest absolute Gasteiger partial charge is 0.340 e. The van der Waals surface area contributed by atoms with Crippen molar-refractivity contribution in [3.8, 4) is 12.1 Å². The molecule has 6 heteroatoms. The van der Waals surface area contributed by atoms with Crippen LogP contribution in [0.25, 0.3) is 0 Å². The van der Waals surface area contributed by atoms with Gasteiger partial charge < -0.3 is 4.90 Å². The van der Waals surface area contributed by atoms with Crippen LogP contribution in [0.15, 0.2) is 30.3 Å². The number of thioether (sulfide) groups is 1. The van der Waals surface area contributed by atoms with E-state index in [1.165, 1.54) is 5.56 Å². The second kappa shape index (κ2) is 9.97. The van der Waals surface area contributed by atoms with Crippen molar-refractivity contribution in [2.45, 2.75) is 18.9 Å². The molecule has 126 valence electrons. The summed E-state index contributed by atoms with van der Waals surface area (Å²) < 4.78 is 0. The van der Waals surface area contributed by atoms with Crippen LogP contribution < -0.4 is 0 Å². The average Bonchev–Trinajstić information content (AvgIpc) is 2.63. The molecule has 1 atom stereocenters. The molecule has 2 rings (SSSR count). The highest BCUT2D eigenvalue weighted by Gasteiger charge is 2.27. The van der Waals surface area contributed by atoms with Gasteiger partial charge in [-0.2, -0.15) is 22.3 Å². The van der Waals surface area contributed by atoms with Gasteiger partial charge in [0.2, 0.25) is 5.91 Å². The molecular weight excluding hydrogens is 320 g/mol. The number of amides is 1. The number of rotatable bonds is 7. The van der Waals surface area contributed by atoms with Gasteiger partial charge in [0, 0.05) is 37.2 Å². The molecule has 1 aliphatic rings. The summed E-state index contributed by atoms with van der Waals surface area (Å²) >= 11 is 1.91. The molecule has 1 saturated heterocycles. The van der Waals surface area contributed by atoms with Crippen molar-refractivity contribution in [3.05, 3.63) is 35.9 Å². The van der Waals surface area contributed by atoms with Crippen LogP contribution in [0.1, 0.15) is 24.4 Å². The predicted molar refractivity (Wildman–Crippen MR) is 95.1 cm³/mol. The summed E-state index contributed by atoms with van der Waals surface area (Å²) in [5.74, 6) is 2.01. The number of carbonyl (C=O) groups excluding carboxylic acids is 1. The van der Waals surface area contributed by atoms with Crippen molar-refractivity contribution in [1.82, 2.24) is 9.80 Å². The Kier molecular flexibility index (Phi) is 7.61. The first-order chi connectivity index (χ1) is 11.8. The molecule has 1 aliphatic heterocycles. The molecule has 5 nitrogen and oxygen atoms in total. The molecule has 0 aliphatic carbocycles. The second-order valence-corrected chi connectivity index (χ2v) is 6.82. The number of hydrogen-bond donors (Lipinski definition) is 0. The van der Waals surface area contributed by atoms with Crippen LogP contribution in [0.2, 0.25) is 0 Å². The molecule has 1 amide bonds. The molecule has 1 aromatic carbocycles. The fourth-order valence-corrected chi connectivity index (χ4v) is 3.97. The van der Waals surface area contributed by atoms with Crippen LogP contribution >= 0.6 is 11.8 Å². The molecule has 1 unspecified atom stereocenters. The summed E-state index contributed by atoms with van der Waals surface area (Å²) in [5.41, 5.74) is 1.23. The quantitative estimate of drug-likeness (QED) is 0.761. The Morgan fingerprint density at radius 3 is 2.50 bits per heavy atom. The lowest BCUT2D eigenvalue weighted by atomic mass is 10.1. The van der Waals surface area contributed by atoms with Gasteiger partial charge in [0.25, 0.3) is 0 Å². The Morgan fingerprint density at radius 1 is 1.21 bits per heavy atom. The first-order valence-corrected chi connectivity index (χ1v) is 9.30. The van der Waals surface area contributed by atoms with Crippen LogP contribution in [0.3, 0.4) is 0 Å². The maximum Gasteiger partial charge on any atom is 0.236 e. The van der Waals surface area contributed by atoms with Gasteiger partial charge in [-0.15, -0.1) is 0 Å². The molecule has 0 saturated carbocycles. The maximum atomic E-state index is 12.7. The highest BCUT2D eigenvalue weighted by Crippen LogP contribution is 2.29. The fraction of sp³-hybridized carbons (Fsp3) is 0.500. The van der Waals surface area contributed by atoms with Gasteiger partial charge in [-0.05, 0) is 5.56 Å². The van der Waals surface area contributed by atoms with Crippen LogP contribution in [0.5, 0.6) is 0 Å². The highest BCUT2D eigenvalue weighted by atomic mass is 32.2. The van der Waals surface area contributed by atoms with Crippen LogP contribution in [0.4, 0.5) is 0 Å². The highest BCUT2D eigenvalue weighted by molar-refractivity contribution is 7.99. The maximum absolute atomic E-state index is 12.7. The smallest absolute Gasteiger partial charge is 0.236 e. The summed E-state index contributed by atoms with van der Waals surface area (Å²) in [6.45, 7) is 2.02. The van der Waals surface area contributed by atoms with E-state index >= 15 is 0 Å². The van der Waals surface area contributed by atoms with E-state index in [0.717, 1.165) is 18.1 Å². The third-order valence-electron chi connectivity index (χ3n) is 4.10. The van der Waals surface area contributed by atoms with Gasteiger partial charge in [-0.25, -0.2) is 0 Å². The summed E-state index contributed by atoms with van der Waals surface area (Å²) in [7, 11) is 0. The fourth-order valence-electron chi connectivity index (χ4n) is 2.81. The van der Waals surface area contributed by atoms with Gasteiger partial charge in [0.15, 0.2) is 0 Å². The molecule has 0 aromatic heterocycles. The summed E-state index contributed by atoms with van der Waals surface area (Å²) in [6.07, 6.45) is 0.601. The van der Waals surface area contributed by atoms with Crippen molar-refractivity contribution < 1.29 is 4.79 Å². The lowest BCUT2D eigenvalue weighted by Crippen LogP contribution is -2.45. The Morgan fingerprint density at radius 2 is 1.88 bits per heavy atom. The van der Waals surface area contributed by atoms with Gasteiger partial charge in [0.05, 0.1) is 31.5 Å². The Balaban J connectivity index is 2.03. The third-order valence-corrected chi connectivity index (χ3v) is 5.12. The zero-order chi connectivity index (χ0) is 17.2. The van der Waals surface area contributed by atoms with Crippen molar-refractivity contribution >= 4 is 17.7 Å². The first kappa shape index (κ1) is 18.3. The number of benzene rings is 1. The monoisotopic (exact) mass is 342 g/mol. The van der Waals surface area contributed by atoms with E-state index in [9.17, 15) is 4.79 Å². The molecular formula is C18H22N4OS. The van der Waals surface area contributed by atoms with Crippen molar-refractivity contribution in [3.63, 3.8) is 0 Å². The van der Waals surface area contributed by atoms with Gasteiger partial charge >= 0.3 is 0 Å². The van der Waals surface area contributed by atoms with E-state index < -0.39 is 0 Å². The van der Waals surface area contributed by atoms with Crippen LogP contribution in [0, 0.1) is 22.7 Å². The zero-order valence-corrected chi connectivity index (χ0v) is 14.5. The molecule has 24 heavy (non-hydrogen) atoms. The standard InChI is InChI=1S/C18H22N4OS/c19-8-4-10-21(11-5-9-20)18(23)14-22-12-13-24-15-17(22)16-6-2-1-3-7-16/h1-3,6-7,17H,4-5,10-15H2. The predicted octanol–water partition coefficient (Wildman–Crippen LogP) is 2.43. The minimum atomic E-state index is 0.00771. The SMILES string of the molecule is N#CCCN(CCC#N)C(=O)CN1CCSCC1c1ccccc1. The second-order valence-electron chi connectivity index (χ2n) is 5.67. The molecule has 0 radical (unpaired) electrons. The molecule has 1 aromatic rings. The van der Waals surface area contributed by atoms with E-state index in [0.29, 0.717) is 32.5 Å². The molecule has 0 bridgehead atoms. The van der Waals surface area contributed by atoms with E-state index in [2.05, 4.69) is 29.2 Å². The summed E-state index contributed by atoms with van der Waals surface area (Å²) in [4.78, 5) is 16.5. The first-order valence-electron chi connectivity index (χ1n) is 8.14. The van der Waals surface area contributed by atoms with E-state index in [1.807, 2.05) is 30.0 Å². The van der Waals surface area contributed by atoms with E-state index in [-0.39, 0.29) is 11.9 Å². The Hall–Kier alpha value is -2.02. The summed E-state index contributed by atoms with van der Waals surface area (Å²) in [6, 6.07) is 14.7. The minimum Gasteiger partial charge on any atom is -0.340 e. The number of carbonyl (C=O) groups is 1. The number of nitriles is 2. The van der Waals surface area contributed by atoms with Crippen molar-refractivity contribution in [2.24, 2.45) is 0 Å². The summed E-state index contributed by atoms with van der Waals surface area (Å²) in [5, 5.41) is 17.5. The van der Waals surface area contributed by atoms with E-state index in [4.69, 9.17) is 10.5 Å². The normalized spacial score (nSPS) is 17.7. The topological polar surface area (TPSA) is 71.1 Å². The lowest BCUT2D eigenvalue weighted by Gasteiger charge is -2.36. The Bertz CT molecular complexity index is 590. The zero-order valence-electron chi connectivity index (χ0n) is 13.7. The molecule has 0 N–H and O–H groups in total. The third kappa shape index (κ3) is 5.26. The molecule has 1 heterocycles. The van der Waals surface area contributed by atoms with E-state index in [1.54, 1.807) is 4.90 Å². The molecule has 1 fully saturated rings. The average molecular weight is 342 g/mol. The number of nitrogens with zero attached hydrogens (tertiary/aromatic N) is 4. The van der Waals surface area contributed by atoms with Crippen LogP contribution in [-0.4, -0.2) is 53.4 Å². The van der Waals surface area contributed by atoms with Gasteiger partial charge in [-0.1, -0.05) is 30.3 Å². The van der Waals surface area contributed by atoms with Gasteiger partial charge in [-0.3, -0.25) is 9.69 Å². The van der Waals surface area contributed by atoms with Crippen LogP contribution in [-0.2, 0) is 4.79 Å². The van der Waals surface area contributed by atoms with Crippen molar-refractivity contribution in [2.75, 3.05) is 37.7 Å². The minimum absolute atomic E-state index is 0.00771.